The van der Waals surface area contributed by atoms with Crippen LogP contribution in [0.15, 0.2) is 6.08 Å². The van der Waals surface area contributed by atoms with E-state index in [4.69, 9.17) is 33.2 Å². The number of hydrogen-bond acceptors (Lipinski definition) is 0. The van der Waals surface area contributed by atoms with Crippen LogP contribution < -0.4 is 5.19 Å². The highest BCUT2D eigenvalue weighted by atomic mass is 35.8. The van der Waals surface area contributed by atoms with Crippen LogP contribution >= 0.6 is 33.2 Å². The van der Waals surface area contributed by atoms with E-state index < -0.39 is 51.9 Å². The number of hydrogen-bond donors (Lipinski definition) is 0. The lowest BCUT2D eigenvalue weighted by Crippen LogP contribution is -2.38. The molecule has 0 atom stereocenters. The van der Waals surface area contributed by atoms with Gasteiger partial charge in [0.25, 0.3) is 0 Å². The summed E-state index contributed by atoms with van der Waals surface area (Å²) in [7, 11) is 0. The van der Waals surface area contributed by atoms with Gasteiger partial charge in [-0.25, -0.2) is 22.0 Å². The molecular formula is C8Cl3F7Si. The Morgan fingerprint density at radius 3 is 1.37 bits per heavy atom. The van der Waals surface area contributed by atoms with Crippen molar-refractivity contribution in [1.29, 1.82) is 0 Å². The maximum Gasteiger partial charge on any atom is 0.379 e. The second-order valence-corrected chi connectivity index (χ2v) is 11.4. The van der Waals surface area contributed by atoms with Crippen molar-refractivity contribution >= 4 is 50.3 Å². The minimum absolute atomic E-state index is 1.54. The van der Waals surface area contributed by atoms with Gasteiger partial charge in [-0.3, -0.25) is 0 Å². The van der Waals surface area contributed by atoms with E-state index in [0.29, 0.717) is 0 Å². The molecule has 0 aliphatic carbocycles. The predicted molar refractivity (Wildman–Crippen MR) is 59.5 cm³/mol. The summed E-state index contributed by atoms with van der Waals surface area (Å²) in [4.78, 5) is 0. The molecule has 1 aromatic rings. The van der Waals surface area contributed by atoms with Gasteiger partial charge in [0.05, 0.1) is 10.8 Å². The Morgan fingerprint density at radius 2 is 1.11 bits per heavy atom. The molecule has 1 aromatic carbocycles. The van der Waals surface area contributed by atoms with Gasteiger partial charge in [-0.15, -0.1) is 33.2 Å². The molecule has 0 amide bonds. The summed E-state index contributed by atoms with van der Waals surface area (Å²) in [6, 6.07) is -4.41. The molecule has 0 heterocycles. The molecule has 19 heavy (non-hydrogen) atoms. The first kappa shape index (κ1) is 16.6. The van der Waals surface area contributed by atoms with Gasteiger partial charge in [0.1, 0.15) is 0 Å². The number of benzene rings is 1. The van der Waals surface area contributed by atoms with Crippen molar-refractivity contribution in [3.8, 4) is 0 Å². The first-order valence-corrected chi connectivity index (χ1v) is 9.18. The largest absolute Gasteiger partial charge is 0.379 e. The Bertz CT molecular complexity index is 533. The van der Waals surface area contributed by atoms with Crippen LogP contribution in [0.2, 0.25) is 0 Å². The van der Waals surface area contributed by atoms with E-state index in [2.05, 4.69) is 0 Å². The molecule has 0 aromatic heterocycles. The van der Waals surface area contributed by atoms with E-state index >= 15 is 0 Å². The molecule has 0 bridgehead atoms. The summed E-state index contributed by atoms with van der Waals surface area (Å²) in [6.07, 6.45) is -3.16. The molecule has 0 N–H and O–H groups in total. The normalized spacial score (nSPS) is 11.7. The summed E-state index contributed by atoms with van der Waals surface area (Å²) in [5.74, 6) is -12.0. The lowest BCUT2D eigenvalue weighted by Gasteiger charge is -2.14. The molecule has 0 aliphatic heterocycles. The standard InChI is InChI=1S/C8Cl3F7Si/c9-19(10,11)7-5(15)2(12)1(3(13)6(7)16)4(14)8(17)18. The van der Waals surface area contributed by atoms with Crippen LogP contribution in [0.5, 0.6) is 0 Å². The van der Waals surface area contributed by atoms with Crippen LogP contribution in [0.25, 0.3) is 5.83 Å². The van der Waals surface area contributed by atoms with E-state index in [1.165, 1.54) is 0 Å². The van der Waals surface area contributed by atoms with Crippen LogP contribution in [0.1, 0.15) is 5.56 Å². The van der Waals surface area contributed by atoms with Crippen LogP contribution in [-0.4, -0.2) is 6.00 Å². The van der Waals surface area contributed by atoms with E-state index in [0.717, 1.165) is 0 Å². The Hall–Kier alpha value is -0.443. The van der Waals surface area contributed by atoms with E-state index in [1.807, 2.05) is 0 Å². The van der Waals surface area contributed by atoms with Gasteiger partial charge < -0.3 is 0 Å². The topological polar surface area (TPSA) is 0 Å². The molecule has 1 rings (SSSR count). The minimum Gasteiger partial charge on any atom is -0.204 e. The third-order valence-corrected chi connectivity index (χ3v) is 4.64. The zero-order valence-electron chi connectivity index (χ0n) is 8.28. The fourth-order valence-electron chi connectivity index (χ4n) is 1.17. The highest BCUT2D eigenvalue weighted by molar-refractivity contribution is 7.69. The molecule has 0 unspecified atom stereocenters. The highest BCUT2D eigenvalue weighted by Gasteiger charge is 2.41. The first-order chi connectivity index (χ1) is 8.50. The lowest BCUT2D eigenvalue weighted by atomic mass is 10.1. The maximum atomic E-state index is 13.4. The van der Waals surface area contributed by atoms with E-state index in [9.17, 15) is 30.7 Å². The quantitative estimate of drug-likeness (QED) is 0.311. The van der Waals surface area contributed by atoms with Crippen molar-refractivity contribution in [3.05, 3.63) is 34.9 Å². The van der Waals surface area contributed by atoms with Crippen molar-refractivity contribution < 1.29 is 30.7 Å². The fourth-order valence-corrected chi connectivity index (χ4v) is 3.38. The van der Waals surface area contributed by atoms with Gasteiger partial charge >= 0.3 is 12.1 Å². The average molecular weight is 364 g/mol. The molecule has 0 saturated carbocycles. The van der Waals surface area contributed by atoms with Crippen LogP contribution in [0, 0.1) is 23.3 Å². The Kier molecular flexibility index (Phi) is 4.82. The van der Waals surface area contributed by atoms with Gasteiger partial charge in [-0.05, 0) is 0 Å². The summed E-state index contributed by atoms with van der Waals surface area (Å²) >= 11 is 15.6. The van der Waals surface area contributed by atoms with Crippen molar-refractivity contribution in [2.45, 2.75) is 0 Å². The summed E-state index contributed by atoms with van der Waals surface area (Å²) < 4.78 is 90.0. The molecule has 0 fully saturated rings. The maximum absolute atomic E-state index is 13.4. The molecule has 0 radical (unpaired) electrons. The zero-order chi connectivity index (χ0) is 15.1. The molecule has 0 aliphatic rings. The minimum atomic E-state index is -4.41. The third kappa shape index (κ3) is 3.01. The lowest BCUT2D eigenvalue weighted by molar-refractivity contribution is 0.403. The van der Waals surface area contributed by atoms with E-state index in [1.54, 1.807) is 0 Å². The zero-order valence-corrected chi connectivity index (χ0v) is 11.5. The monoisotopic (exact) mass is 362 g/mol. The molecule has 106 valence electrons. The van der Waals surface area contributed by atoms with Crippen molar-refractivity contribution in [2.75, 3.05) is 0 Å². The van der Waals surface area contributed by atoms with Crippen molar-refractivity contribution in [2.24, 2.45) is 0 Å². The number of halogens is 10. The van der Waals surface area contributed by atoms with Crippen molar-refractivity contribution in [1.82, 2.24) is 0 Å². The van der Waals surface area contributed by atoms with Gasteiger partial charge in [0.15, 0.2) is 23.3 Å². The summed E-state index contributed by atoms with van der Waals surface area (Å²) in [6.45, 7) is 0. The van der Waals surface area contributed by atoms with Crippen molar-refractivity contribution in [3.63, 3.8) is 0 Å². The number of rotatable bonds is 2. The summed E-state index contributed by atoms with van der Waals surface area (Å²) in [5.41, 5.74) is -2.19. The second kappa shape index (κ2) is 5.51. The van der Waals surface area contributed by atoms with Crippen LogP contribution in [-0.2, 0) is 0 Å². The van der Waals surface area contributed by atoms with Crippen LogP contribution in [0.4, 0.5) is 30.7 Å². The molecule has 11 heteroatoms. The predicted octanol–water partition coefficient (Wildman–Crippen LogP) is 4.64. The summed E-state index contributed by atoms with van der Waals surface area (Å²) in [5, 5.41) is -1.54. The molecule has 0 spiro atoms. The van der Waals surface area contributed by atoms with Gasteiger partial charge in [0, 0.05) is 0 Å². The third-order valence-electron chi connectivity index (χ3n) is 1.93. The second-order valence-electron chi connectivity index (χ2n) is 3.08. The Morgan fingerprint density at radius 1 is 0.737 bits per heavy atom. The first-order valence-electron chi connectivity index (χ1n) is 4.14. The molecule has 0 nitrogen and oxygen atoms in total. The Labute approximate surface area is 116 Å². The van der Waals surface area contributed by atoms with Gasteiger partial charge in [-0.1, -0.05) is 0 Å². The molecular weight excluding hydrogens is 364 g/mol. The molecule has 0 saturated heterocycles. The van der Waals surface area contributed by atoms with Gasteiger partial charge in [-0.2, -0.15) is 8.78 Å². The fraction of sp³-hybridized carbons (Fsp3) is 0. The highest BCUT2D eigenvalue weighted by Crippen LogP contribution is 2.32. The SMILES string of the molecule is FC(F)=C(F)c1c(F)c(F)c([Si](Cl)(Cl)Cl)c(F)c1F. The van der Waals surface area contributed by atoms with E-state index in [-0.39, 0.29) is 0 Å². The Balaban J connectivity index is 3.82. The smallest absolute Gasteiger partial charge is 0.204 e. The average Bonchev–Trinajstić information content (AvgIpc) is 2.24. The van der Waals surface area contributed by atoms with Crippen LogP contribution in [0.3, 0.4) is 0 Å². The van der Waals surface area contributed by atoms with Gasteiger partial charge in [0.2, 0.25) is 5.83 Å².